The lowest BCUT2D eigenvalue weighted by Crippen LogP contribution is -2.32. The number of aromatic nitrogens is 2. The van der Waals surface area contributed by atoms with Crippen LogP contribution in [0.3, 0.4) is 0 Å². The molecule has 2 rings (SSSR count). The molecule has 4 N–H and O–H groups in total. The van der Waals surface area contributed by atoms with Crippen LogP contribution in [0.1, 0.15) is 12.6 Å². The molecule has 1 saturated heterocycles. The summed E-state index contributed by atoms with van der Waals surface area (Å²) < 4.78 is 6.32. The highest BCUT2D eigenvalue weighted by Crippen LogP contribution is 2.28. The highest BCUT2D eigenvalue weighted by Gasteiger charge is 2.35. The molecule has 18 heavy (non-hydrogen) atoms. The maximum absolute atomic E-state index is 11.7. The van der Waals surface area contributed by atoms with E-state index in [1.807, 2.05) is 0 Å². The second-order valence-corrected chi connectivity index (χ2v) is 4.28. The molecule has 1 aliphatic rings. The van der Waals surface area contributed by atoms with E-state index in [1.54, 1.807) is 5.48 Å². The molecule has 100 valence electrons. The van der Waals surface area contributed by atoms with Gasteiger partial charge in [0.05, 0.1) is 12.7 Å². The standard InChI is InChI=1S/C9H12ClN3O5/c10-5-2-13(9(16)11-7(5)12-17)8-6(15)1-4(3-14)18-8/h2,4,6,8,14-15,17H,1,3H2,(H,11,12,16)/t4-,6?,8+/m0/s1. The lowest BCUT2D eigenvalue weighted by molar-refractivity contribution is -0.0529. The van der Waals surface area contributed by atoms with Gasteiger partial charge < -0.3 is 14.9 Å². The van der Waals surface area contributed by atoms with Crippen LogP contribution < -0.4 is 11.2 Å². The Bertz CT molecular complexity index is 494. The average molecular weight is 278 g/mol. The first kappa shape index (κ1) is 13.2. The first-order valence-electron chi connectivity index (χ1n) is 5.20. The molecule has 0 aliphatic carbocycles. The number of hydrogen-bond donors (Lipinski definition) is 4. The predicted molar refractivity (Wildman–Crippen MR) is 60.5 cm³/mol. The SMILES string of the molecule is O=c1nc(NO)c(Cl)cn1[C@@H]1O[C@H](CO)CC1O. The third-order valence-electron chi connectivity index (χ3n) is 2.66. The van der Waals surface area contributed by atoms with Gasteiger partial charge in [0.25, 0.3) is 0 Å². The number of nitrogens with one attached hydrogen (secondary N) is 1. The van der Waals surface area contributed by atoms with Gasteiger partial charge in [0.2, 0.25) is 0 Å². The van der Waals surface area contributed by atoms with Gasteiger partial charge in [-0.1, -0.05) is 11.6 Å². The maximum Gasteiger partial charge on any atom is 0.351 e. The Hall–Kier alpha value is -1.19. The monoisotopic (exact) mass is 277 g/mol. The van der Waals surface area contributed by atoms with E-state index in [1.165, 1.54) is 6.20 Å². The van der Waals surface area contributed by atoms with E-state index in [0.717, 1.165) is 4.57 Å². The Morgan fingerprint density at radius 2 is 2.39 bits per heavy atom. The molecule has 0 saturated carbocycles. The first-order chi connectivity index (χ1) is 8.56. The van der Waals surface area contributed by atoms with Gasteiger partial charge in [0.1, 0.15) is 11.1 Å². The molecule has 8 nitrogen and oxygen atoms in total. The summed E-state index contributed by atoms with van der Waals surface area (Å²) in [6, 6.07) is 0. The zero-order chi connectivity index (χ0) is 13.3. The molecule has 0 aromatic carbocycles. The van der Waals surface area contributed by atoms with Gasteiger partial charge in [0, 0.05) is 12.6 Å². The highest BCUT2D eigenvalue weighted by molar-refractivity contribution is 6.32. The van der Waals surface area contributed by atoms with Crippen molar-refractivity contribution in [3.05, 3.63) is 21.7 Å². The summed E-state index contributed by atoms with van der Waals surface area (Å²) in [4.78, 5) is 15.1. The van der Waals surface area contributed by atoms with Gasteiger partial charge in [-0.2, -0.15) is 4.98 Å². The number of ether oxygens (including phenoxy) is 1. The van der Waals surface area contributed by atoms with Crippen molar-refractivity contribution in [2.24, 2.45) is 0 Å². The van der Waals surface area contributed by atoms with E-state index in [9.17, 15) is 9.90 Å². The Morgan fingerprint density at radius 3 is 2.94 bits per heavy atom. The summed E-state index contributed by atoms with van der Waals surface area (Å²) in [5.41, 5.74) is 0.948. The topological polar surface area (TPSA) is 117 Å². The van der Waals surface area contributed by atoms with Crippen molar-refractivity contribution in [1.82, 2.24) is 9.55 Å². The predicted octanol–water partition coefficient (Wildman–Crippen LogP) is -0.662. The maximum atomic E-state index is 11.7. The molecular weight excluding hydrogens is 266 g/mol. The first-order valence-corrected chi connectivity index (χ1v) is 5.57. The summed E-state index contributed by atoms with van der Waals surface area (Å²) in [6.45, 7) is -0.250. The van der Waals surface area contributed by atoms with Crippen LogP contribution in [0.4, 0.5) is 5.82 Å². The number of hydrogen-bond acceptors (Lipinski definition) is 7. The van der Waals surface area contributed by atoms with Gasteiger partial charge >= 0.3 is 5.69 Å². The lowest BCUT2D eigenvalue weighted by Gasteiger charge is -2.17. The number of aliphatic hydroxyl groups excluding tert-OH is 2. The van der Waals surface area contributed by atoms with Gasteiger partial charge in [-0.3, -0.25) is 15.3 Å². The summed E-state index contributed by atoms with van der Waals surface area (Å²) in [5, 5.41) is 27.4. The Kier molecular flexibility index (Phi) is 3.83. The van der Waals surface area contributed by atoms with Crippen molar-refractivity contribution in [2.45, 2.75) is 24.9 Å². The van der Waals surface area contributed by atoms with Crippen molar-refractivity contribution in [2.75, 3.05) is 12.1 Å². The number of nitrogens with zero attached hydrogens (tertiary/aromatic N) is 2. The summed E-state index contributed by atoms with van der Waals surface area (Å²) in [7, 11) is 0. The van der Waals surface area contributed by atoms with E-state index in [0.29, 0.717) is 0 Å². The molecule has 2 heterocycles. The van der Waals surface area contributed by atoms with Crippen molar-refractivity contribution in [3.8, 4) is 0 Å². The van der Waals surface area contributed by atoms with E-state index >= 15 is 0 Å². The van der Waals surface area contributed by atoms with Crippen LogP contribution in [0.25, 0.3) is 0 Å². The van der Waals surface area contributed by atoms with Crippen molar-refractivity contribution >= 4 is 17.4 Å². The van der Waals surface area contributed by atoms with E-state index in [4.69, 9.17) is 26.7 Å². The Labute approximate surface area is 106 Å². The van der Waals surface area contributed by atoms with Crippen molar-refractivity contribution in [1.29, 1.82) is 0 Å². The molecule has 0 amide bonds. The van der Waals surface area contributed by atoms with Crippen LogP contribution in [0, 0.1) is 0 Å². The minimum Gasteiger partial charge on any atom is -0.394 e. The Balaban J connectivity index is 2.34. The second kappa shape index (κ2) is 5.21. The fourth-order valence-corrected chi connectivity index (χ4v) is 1.99. The van der Waals surface area contributed by atoms with E-state index in [2.05, 4.69) is 4.98 Å². The summed E-state index contributed by atoms with van der Waals surface area (Å²) in [5.74, 6) is -0.177. The largest absolute Gasteiger partial charge is 0.394 e. The minimum atomic E-state index is -0.951. The highest BCUT2D eigenvalue weighted by atomic mass is 35.5. The van der Waals surface area contributed by atoms with Gasteiger partial charge in [-0.05, 0) is 0 Å². The van der Waals surface area contributed by atoms with Crippen LogP contribution in [0.2, 0.25) is 5.02 Å². The van der Waals surface area contributed by atoms with Crippen LogP contribution in [0.15, 0.2) is 11.0 Å². The fourth-order valence-electron chi connectivity index (χ4n) is 1.80. The zero-order valence-electron chi connectivity index (χ0n) is 9.15. The van der Waals surface area contributed by atoms with Crippen molar-refractivity contribution < 1.29 is 20.2 Å². The molecule has 0 spiro atoms. The normalized spacial score (nSPS) is 27.4. The molecule has 1 unspecified atom stereocenters. The molecule has 1 aliphatic heterocycles. The molecule has 3 atom stereocenters. The van der Waals surface area contributed by atoms with Crippen molar-refractivity contribution in [3.63, 3.8) is 0 Å². The summed E-state index contributed by atoms with van der Waals surface area (Å²) >= 11 is 5.77. The smallest absolute Gasteiger partial charge is 0.351 e. The van der Waals surface area contributed by atoms with Crippen LogP contribution >= 0.6 is 11.6 Å². The van der Waals surface area contributed by atoms with Crippen LogP contribution in [-0.4, -0.2) is 43.8 Å². The number of halogens is 1. The third-order valence-corrected chi connectivity index (χ3v) is 2.93. The second-order valence-electron chi connectivity index (χ2n) is 3.87. The molecular formula is C9H12ClN3O5. The molecule has 1 fully saturated rings. The van der Waals surface area contributed by atoms with E-state index in [-0.39, 0.29) is 23.9 Å². The molecule has 9 heteroatoms. The molecule has 0 bridgehead atoms. The molecule has 0 radical (unpaired) electrons. The molecule has 1 aromatic rings. The molecule has 1 aromatic heterocycles. The van der Waals surface area contributed by atoms with E-state index < -0.39 is 24.1 Å². The van der Waals surface area contributed by atoms with Crippen LogP contribution in [-0.2, 0) is 4.74 Å². The van der Waals surface area contributed by atoms with Gasteiger partial charge in [-0.25, -0.2) is 4.79 Å². The number of aliphatic hydroxyl groups is 2. The summed E-state index contributed by atoms with van der Waals surface area (Å²) in [6.07, 6.45) is -1.02. The van der Waals surface area contributed by atoms with Gasteiger partial charge in [0.15, 0.2) is 12.0 Å². The van der Waals surface area contributed by atoms with Crippen LogP contribution in [0.5, 0.6) is 0 Å². The average Bonchev–Trinajstić information content (AvgIpc) is 2.73. The number of anilines is 1. The fraction of sp³-hybridized carbons (Fsp3) is 0.556. The Morgan fingerprint density at radius 1 is 1.67 bits per heavy atom. The quantitative estimate of drug-likeness (QED) is 0.542. The van der Waals surface area contributed by atoms with Gasteiger partial charge in [-0.15, -0.1) is 0 Å². The minimum absolute atomic E-state index is 0.000323. The number of rotatable bonds is 3. The zero-order valence-corrected chi connectivity index (χ0v) is 9.91. The lowest BCUT2D eigenvalue weighted by atomic mass is 10.2. The third kappa shape index (κ3) is 2.33.